The highest BCUT2D eigenvalue weighted by Crippen LogP contribution is 2.19. The van der Waals surface area contributed by atoms with Crippen molar-refractivity contribution in [3.05, 3.63) is 35.4 Å². The van der Waals surface area contributed by atoms with Gasteiger partial charge >= 0.3 is 0 Å². The summed E-state index contributed by atoms with van der Waals surface area (Å²) in [5.74, 6) is -2.84. The van der Waals surface area contributed by atoms with Crippen molar-refractivity contribution in [2.45, 2.75) is 19.3 Å². The Morgan fingerprint density at radius 2 is 2.12 bits per heavy atom. The van der Waals surface area contributed by atoms with Gasteiger partial charge in [-0.05, 0) is 25.6 Å². The fraction of sp³-hybridized carbons (Fsp3) is 0.417. The van der Waals surface area contributed by atoms with Crippen LogP contribution >= 0.6 is 0 Å². The molecule has 16 heavy (non-hydrogen) atoms. The van der Waals surface area contributed by atoms with Crippen molar-refractivity contribution >= 4 is 5.78 Å². The van der Waals surface area contributed by atoms with E-state index in [2.05, 4.69) is 5.32 Å². The van der Waals surface area contributed by atoms with Crippen LogP contribution in [0, 0.1) is 0 Å². The molecule has 0 aliphatic carbocycles. The second-order valence-corrected chi connectivity index (χ2v) is 3.90. The average molecular weight is 227 g/mol. The molecule has 0 bridgehead atoms. The first-order chi connectivity index (χ1) is 7.42. The zero-order chi connectivity index (χ0) is 12.2. The molecule has 1 aromatic carbocycles. The summed E-state index contributed by atoms with van der Waals surface area (Å²) in [6, 6.07) is 6.39. The van der Waals surface area contributed by atoms with E-state index in [-0.39, 0.29) is 18.7 Å². The third-order valence-corrected chi connectivity index (χ3v) is 2.10. The third-order valence-electron chi connectivity index (χ3n) is 2.10. The Morgan fingerprint density at radius 3 is 2.69 bits per heavy atom. The first kappa shape index (κ1) is 12.8. The molecule has 0 radical (unpaired) electrons. The molecule has 88 valence electrons. The smallest absolute Gasteiger partial charge is 0.249 e. The summed E-state index contributed by atoms with van der Waals surface area (Å²) < 4.78 is 25.6. The average Bonchev–Trinajstić information content (AvgIpc) is 2.16. The molecule has 0 spiro atoms. The van der Waals surface area contributed by atoms with Gasteiger partial charge < -0.3 is 5.32 Å². The maximum absolute atomic E-state index is 12.8. The van der Waals surface area contributed by atoms with E-state index >= 15 is 0 Å². The summed E-state index contributed by atoms with van der Waals surface area (Å²) in [5.41, 5.74) is 0.950. The van der Waals surface area contributed by atoms with Gasteiger partial charge in [-0.15, -0.1) is 0 Å². The van der Waals surface area contributed by atoms with Crippen molar-refractivity contribution in [2.75, 3.05) is 13.6 Å². The van der Waals surface area contributed by atoms with Crippen LogP contribution in [0.25, 0.3) is 0 Å². The number of Topliss-reactive ketones (excluding diaryl/α,β-unsaturated/α-hetero) is 1. The van der Waals surface area contributed by atoms with E-state index in [1.165, 1.54) is 6.07 Å². The number of carbonyl (C=O) groups excluding carboxylic acids is 1. The van der Waals surface area contributed by atoms with E-state index in [1.807, 2.05) is 0 Å². The van der Waals surface area contributed by atoms with Crippen LogP contribution in [0.1, 0.15) is 22.8 Å². The van der Waals surface area contributed by atoms with Gasteiger partial charge in [0.25, 0.3) is 0 Å². The van der Waals surface area contributed by atoms with Crippen LogP contribution < -0.4 is 5.32 Å². The Kier molecular flexibility index (Phi) is 4.12. The van der Waals surface area contributed by atoms with Gasteiger partial charge in [0.05, 0.1) is 6.54 Å². The van der Waals surface area contributed by atoms with Crippen LogP contribution in [0.2, 0.25) is 0 Å². The minimum Gasteiger partial charge on any atom is -0.313 e. The van der Waals surface area contributed by atoms with E-state index < -0.39 is 5.92 Å². The summed E-state index contributed by atoms with van der Waals surface area (Å²) in [6.07, 6.45) is -0.340. The van der Waals surface area contributed by atoms with Gasteiger partial charge in [0.1, 0.15) is 0 Å². The molecule has 1 rings (SSSR count). The topological polar surface area (TPSA) is 29.1 Å². The fourth-order valence-corrected chi connectivity index (χ4v) is 1.48. The van der Waals surface area contributed by atoms with Crippen molar-refractivity contribution in [1.29, 1.82) is 0 Å². The van der Waals surface area contributed by atoms with Gasteiger partial charge in [-0.1, -0.05) is 18.2 Å². The van der Waals surface area contributed by atoms with E-state index in [0.717, 1.165) is 6.92 Å². The van der Waals surface area contributed by atoms with E-state index in [4.69, 9.17) is 0 Å². The molecule has 0 aliphatic rings. The lowest BCUT2D eigenvalue weighted by molar-refractivity contribution is 0.0226. The maximum atomic E-state index is 12.8. The maximum Gasteiger partial charge on any atom is 0.249 e. The minimum absolute atomic E-state index is 0.0937. The van der Waals surface area contributed by atoms with Crippen LogP contribution in [-0.4, -0.2) is 25.3 Å². The van der Waals surface area contributed by atoms with Gasteiger partial charge in [-0.3, -0.25) is 4.79 Å². The van der Waals surface area contributed by atoms with Gasteiger partial charge in [-0.25, -0.2) is 8.78 Å². The Hall–Kier alpha value is -1.29. The van der Waals surface area contributed by atoms with E-state index in [1.54, 1.807) is 25.2 Å². The highest BCUT2D eigenvalue weighted by Gasteiger charge is 2.21. The van der Waals surface area contributed by atoms with Gasteiger partial charge in [0.15, 0.2) is 5.78 Å². The van der Waals surface area contributed by atoms with Crippen LogP contribution in [0.3, 0.4) is 0 Å². The minimum atomic E-state index is -2.75. The van der Waals surface area contributed by atoms with Gasteiger partial charge in [0, 0.05) is 12.0 Å². The van der Waals surface area contributed by atoms with E-state index in [9.17, 15) is 13.6 Å². The molecule has 0 unspecified atom stereocenters. The number of nitrogens with one attached hydrogen (secondary N) is 1. The molecule has 0 atom stereocenters. The lowest BCUT2D eigenvalue weighted by Crippen LogP contribution is -2.19. The third kappa shape index (κ3) is 4.06. The Labute approximate surface area is 93.7 Å². The summed E-state index contributed by atoms with van der Waals surface area (Å²) in [6.45, 7) is 1.08. The second kappa shape index (κ2) is 5.16. The number of hydrogen-bond donors (Lipinski definition) is 1. The zero-order valence-corrected chi connectivity index (χ0v) is 9.39. The molecular formula is C12H15F2NO. The van der Waals surface area contributed by atoms with Crippen molar-refractivity contribution in [2.24, 2.45) is 0 Å². The highest BCUT2D eigenvalue weighted by molar-refractivity contribution is 5.97. The lowest BCUT2D eigenvalue weighted by Gasteiger charge is -2.10. The Balaban J connectivity index is 2.83. The van der Waals surface area contributed by atoms with Gasteiger partial charge in [0.2, 0.25) is 5.92 Å². The number of halogens is 2. The molecule has 0 amide bonds. The monoisotopic (exact) mass is 227 g/mol. The van der Waals surface area contributed by atoms with Crippen LogP contribution in [0.4, 0.5) is 8.78 Å². The number of ketones is 1. The molecule has 4 heteroatoms. The van der Waals surface area contributed by atoms with Crippen molar-refractivity contribution in [1.82, 2.24) is 5.32 Å². The number of alkyl halides is 2. The number of benzene rings is 1. The van der Waals surface area contributed by atoms with Crippen LogP contribution in [-0.2, 0) is 6.42 Å². The molecule has 1 aromatic rings. The lowest BCUT2D eigenvalue weighted by atomic mass is 10.0. The second-order valence-electron chi connectivity index (χ2n) is 3.90. The van der Waals surface area contributed by atoms with Crippen molar-refractivity contribution in [3.8, 4) is 0 Å². The standard InChI is InChI=1S/C12H15F2NO/c1-12(13,14)7-9-4-3-5-10(6-9)11(16)8-15-2/h3-6,15H,7-8H2,1-2H3. The predicted octanol–water partition coefficient (Wildman–Crippen LogP) is 2.29. The first-order valence-electron chi connectivity index (χ1n) is 5.07. The SMILES string of the molecule is CNCC(=O)c1cccc(CC(C)(F)F)c1. The quantitative estimate of drug-likeness (QED) is 0.782. The molecule has 2 nitrogen and oxygen atoms in total. The number of rotatable bonds is 5. The predicted molar refractivity (Wildman–Crippen MR) is 59.0 cm³/mol. The Bertz CT molecular complexity index is 372. The summed E-state index contributed by atoms with van der Waals surface area (Å²) >= 11 is 0. The zero-order valence-electron chi connectivity index (χ0n) is 9.39. The number of carbonyl (C=O) groups is 1. The fourth-order valence-electron chi connectivity index (χ4n) is 1.48. The molecule has 0 heterocycles. The van der Waals surface area contributed by atoms with Crippen LogP contribution in [0.15, 0.2) is 24.3 Å². The normalized spacial score (nSPS) is 11.5. The van der Waals surface area contributed by atoms with Crippen LogP contribution in [0.5, 0.6) is 0 Å². The number of hydrogen-bond acceptors (Lipinski definition) is 2. The first-order valence-corrected chi connectivity index (χ1v) is 5.07. The molecule has 0 saturated carbocycles. The molecule has 0 saturated heterocycles. The molecule has 0 aromatic heterocycles. The summed E-state index contributed by atoms with van der Waals surface area (Å²) in [5, 5.41) is 2.74. The summed E-state index contributed by atoms with van der Waals surface area (Å²) in [7, 11) is 1.67. The Morgan fingerprint density at radius 1 is 1.44 bits per heavy atom. The van der Waals surface area contributed by atoms with E-state index in [0.29, 0.717) is 11.1 Å². The number of likely N-dealkylation sites (N-methyl/N-ethyl adjacent to an activating group) is 1. The van der Waals surface area contributed by atoms with Crippen molar-refractivity contribution < 1.29 is 13.6 Å². The molecular weight excluding hydrogens is 212 g/mol. The highest BCUT2D eigenvalue weighted by atomic mass is 19.3. The molecule has 0 fully saturated rings. The summed E-state index contributed by atoms with van der Waals surface area (Å²) in [4.78, 5) is 11.5. The van der Waals surface area contributed by atoms with Crippen molar-refractivity contribution in [3.63, 3.8) is 0 Å². The van der Waals surface area contributed by atoms with Gasteiger partial charge in [-0.2, -0.15) is 0 Å². The largest absolute Gasteiger partial charge is 0.313 e. The molecule has 0 aliphatic heterocycles. The molecule has 1 N–H and O–H groups in total.